The second-order valence-corrected chi connectivity index (χ2v) is 12.4. The fraction of sp³-hybridized carbons (Fsp3) is 0.444. The van der Waals surface area contributed by atoms with Crippen molar-refractivity contribution in [1.29, 1.82) is 0 Å². The van der Waals surface area contributed by atoms with E-state index in [1.165, 1.54) is 0 Å². The van der Waals surface area contributed by atoms with Crippen molar-refractivity contribution in [2.75, 3.05) is 52.0 Å². The Morgan fingerprint density at radius 3 is 2.13 bits per heavy atom. The molecule has 0 aliphatic carbocycles. The Morgan fingerprint density at radius 2 is 1.45 bits per heavy atom. The molecule has 2 aromatic carbocycles. The lowest BCUT2D eigenvalue weighted by atomic mass is 10.1. The van der Waals surface area contributed by atoms with E-state index in [2.05, 4.69) is 18.2 Å². The molecule has 2 aromatic rings. The molecule has 2 saturated heterocycles. The number of nitrogens with zero attached hydrogens (tertiary/aromatic N) is 4. The third kappa shape index (κ3) is 6.31. The Balaban J connectivity index is 1.06. The summed E-state index contributed by atoms with van der Waals surface area (Å²) in [6.07, 6.45) is 5.89. The van der Waals surface area contributed by atoms with Gasteiger partial charge in [-0.2, -0.15) is 0 Å². The van der Waals surface area contributed by atoms with E-state index in [-0.39, 0.29) is 29.8 Å². The first-order chi connectivity index (χ1) is 22.7. The molecule has 3 amide bonds. The lowest BCUT2D eigenvalue weighted by Gasteiger charge is -2.26. The second kappa shape index (κ2) is 13.5. The molecule has 2 atom stereocenters. The van der Waals surface area contributed by atoms with E-state index in [9.17, 15) is 14.4 Å². The van der Waals surface area contributed by atoms with Gasteiger partial charge in [-0.05, 0) is 44.2 Å². The average Bonchev–Trinajstić information content (AvgIpc) is 3.58. The molecule has 0 unspecified atom stereocenters. The number of methoxy groups -OCH3 is 2. The van der Waals surface area contributed by atoms with Crippen LogP contribution in [0.25, 0.3) is 0 Å². The molecule has 6 rings (SSSR count). The van der Waals surface area contributed by atoms with Gasteiger partial charge in [-0.1, -0.05) is 31.2 Å². The summed E-state index contributed by atoms with van der Waals surface area (Å²) in [5.74, 6) is 1.70. The number of hydrogen-bond donors (Lipinski definition) is 0. The fourth-order valence-electron chi connectivity index (χ4n) is 6.74. The number of ether oxygens (including phenoxy) is 4. The van der Waals surface area contributed by atoms with Crippen LogP contribution in [0.4, 0.5) is 11.4 Å². The molecule has 0 aromatic heterocycles. The van der Waals surface area contributed by atoms with E-state index in [1.807, 2.05) is 13.1 Å². The predicted octanol–water partition coefficient (Wildman–Crippen LogP) is 5.35. The maximum atomic E-state index is 13.6. The smallest absolute Gasteiger partial charge is 0.257 e. The number of carbonyl (C=O) groups excluding carboxylic acids is 3. The number of unbranched alkanes of at least 4 members (excludes halogenated alkanes) is 2. The zero-order chi connectivity index (χ0) is 33.2. The normalized spacial score (nSPS) is 19.9. The van der Waals surface area contributed by atoms with E-state index >= 15 is 0 Å². The molecule has 4 aliphatic heterocycles. The highest BCUT2D eigenvalue weighted by atomic mass is 16.5. The fourth-order valence-corrected chi connectivity index (χ4v) is 6.74. The van der Waals surface area contributed by atoms with Crippen LogP contribution in [0.2, 0.25) is 0 Å². The van der Waals surface area contributed by atoms with Gasteiger partial charge in [-0.3, -0.25) is 19.4 Å². The third-order valence-electron chi connectivity index (χ3n) is 9.17. The van der Waals surface area contributed by atoms with Crippen molar-refractivity contribution in [3.05, 3.63) is 59.7 Å². The average molecular weight is 643 g/mol. The van der Waals surface area contributed by atoms with Crippen LogP contribution < -0.4 is 23.8 Å². The Hall–Kier alpha value is -4.80. The van der Waals surface area contributed by atoms with Crippen LogP contribution >= 0.6 is 0 Å². The minimum atomic E-state index is -0.129. The summed E-state index contributed by atoms with van der Waals surface area (Å²) < 4.78 is 23.4. The van der Waals surface area contributed by atoms with Crippen molar-refractivity contribution in [2.24, 2.45) is 4.99 Å². The van der Waals surface area contributed by atoms with Gasteiger partial charge in [0.2, 0.25) is 5.91 Å². The van der Waals surface area contributed by atoms with Crippen molar-refractivity contribution in [2.45, 2.75) is 57.5 Å². The molecule has 11 heteroatoms. The van der Waals surface area contributed by atoms with Crippen molar-refractivity contribution >= 4 is 35.3 Å². The summed E-state index contributed by atoms with van der Waals surface area (Å²) in [6.45, 7) is 12.2. The summed E-state index contributed by atoms with van der Waals surface area (Å²) in [7, 11) is 3.10. The Labute approximate surface area is 275 Å². The van der Waals surface area contributed by atoms with Crippen molar-refractivity contribution in [3.8, 4) is 23.0 Å². The van der Waals surface area contributed by atoms with Crippen LogP contribution in [0.3, 0.4) is 0 Å². The molecule has 2 fully saturated rings. The molecule has 0 N–H and O–H groups in total. The number of rotatable bonds is 11. The van der Waals surface area contributed by atoms with E-state index in [4.69, 9.17) is 18.9 Å². The molecule has 11 nitrogen and oxygen atoms in total. The lowest BCUT2D eigenvalue weighted by Crippen LogP contribution is -2.41. The maximum absolute atomic E-state index is 13.6. The minimum Gasteiger partial charge on any atom is -0.493 e. The van der Waals surface area contributed by atoms with Gasteiger partial charge in [-0.15, -0.1) is 0 Å². The van der Waals surface area contributed by atoms with Gasteiger partial charge in [0.05, 0.1) is 62.0 Å². The highest BCUT2D eigenvalue weighted by molar-refractivity contribution is 6.07. The minimum absolute atomic E-state index is 0.0503. The van der Waals surface area contributed by atoms with Crippen LogP contribution in [0.1, 0.15) is 66.2 Å². The topological polar surface area (TPSA) is 110 Å². The van der Waals surface area contributed by atoms with Crippen molar-refractivity contribution < 1.29 is 33.3 Å². The molecule has 0 saturated carbocycles. The second-order valence-electron chi connectivity index (χ2n) is 12.4. The van der Waals surface area contributed by atoms with Crippen LogP contribution in [0.15, 0.2) is 53.6 Å². The van der Waals surface area contributed by atoms with E-state index in [1.54, 1.807) is 53.2 Å². The van der Waals surface area contributed by atoms with Gasteiger partial charge >= 0.3 is 0 Å². The highest BCUT2D eigenvalue weighted by Gasteiger charge is 2.40. The number of benzene rings is 2. The molecule has 4 aliphatic rings. The van der Waals surface area contributed by atoms with Crippen LogP contribution in [-0.2, 0) is 4.79 Å². The monoisotopic (exact) mass is 642 g/mol. The van der Waals surface area contributed by atoms with E-state index < -0.39 is 0 Å². The summed E-state index contributed by atoms with van der Waals surface area (Å²) in [5.41, 5.74) is 4.05. The highest BCUT2D eigenvalue weighted by Crippen LogP contribution is 2.41. The molecular weight excluding hydrogens is 600 g/mol. The summed E-state index contributed by atoms with van der Waals surface area (Å²) in [6, 6.07) is 6.74. The third-order valence-corrected chi connectivity index (χ3v) is 9.17. The molecule has 248 valence electrons. The Bertz CT molecular complexity index is 1650. The van der Waals surface area contributed by atoms with Gasteiger partial charge in [-0.25, -0.2) is 0 Å². The maximum Gasteiger partial charge on any atom is 0.257 e. The first-order valence-electron chi connectivity index (χ1n) is 16.2. The number of carbonyl (C=O) groups is 3. The number of aliphatic imine (C=N–C) groups is 1. The molecule has 4 heterocycles. The quantitative estimate of drug-likeness (QED) is 0.240. The zero-order valence-corrected chi connectivity index (χ0v) is 27.4. The molecular formula is C36H42N4O7. The first kappa shape index (κ1) is 32.2. The van der Waals surface area contributed by atoms with E-state index in [0.29, 0.717) is 91.2 Å². The molecule has 0 spiro atoms. The van der Waals surface area contributed by atoms with Gasteiger partial charge in [0.1, 0.15) is 0 Å². The largest absolute Gasteiger partial charge is 0.493 e. The van der Waals surface area contributed by atoms with E-state index in [0.717, 1.165) is 36.8 Å². The summed E-state index contributed by atoms with van der Waals surface area (Å²) >= 11 is 0. The molecule has 0 radical (unpaired) electrons. The van der Waals surface area contributed by atoms with Gasteiger partial charge in [0.15, 0.2) is 23.0 Å². The van der Waals surface area contributed by atoms with Gasteiger partial charge < -0.3 is 33.6 Å². The molecule has 0 bridgehead atoms. The van der Waals surface area contributed by atoms with Crippen LogP contribution in [-0.4, -0.2) is 92.9 Å². The SMILES string of the molecule is C=C1C[C@H]2CN(C(=O)CC)c3cc(OCCCCCOc4cc5c(cc4OC)C(=O)N4CC(=C)C[C@H]4C=N5)c(OC)cc3C(=O)N2C1. The number of amides is 3. The number of hydrogen-bond acceptors (Lipinski definition) is 8. The Morgan fingerprint density at radius 1 is 0.830 bits per heavy atom. The standard InChI is InChI=1S/C36H42N4O7/c1-6-34(41)40-21-25-13-23(3)20-39(25)36(43)27-15-31(45-5)33(17-29(27)40)47-11-9-7-8-10-46-32-16-28-26(14-30(32)44-4)35(42)38-19-22(2)12-24(38)18-37-28/h14-18,24-25H,2-3,6-13,19-21H2,1,4-5H3/t24-,25-/m0/s1. The first-order valence-corrected chi connectivity index (χ1v) is 16.2. The van der Waals surface area contributed by atoms with Gasteiger partial charge in [0, 0.05) is 44.4 Å². The number of anilines is 1. The molecule has 47 heavy (non-hydrogen) atoms. The predicted molar refractivity (Wildman–Crippen MR) is 179 cm³/mol. The van der Waals surface area contributed by atoms with Crippen molar-refractivity contribution in [3.63, 3.8) is 0 Å². The zero-order valence-electron chi connectivity index (χ0n) is 27.4. The Kier molecular flexibility index (Phi) is 9.24. The van der Waals surface area contributed by atoms with Gasteiger partial charge in [0.25, 0.3) is 11.8 Å². The number of fused-ring (bicyclic) bond motifs is 4. The van der Waals surface area contributed by atoms with Crippen molar-refractivity contribution in [1.82, 2.24) is 9.80 Å². The lowest BCUT2D eigenvalue weighted by molar-refractivity contribution is -0.118. The summed E-state index contributed by atoms with van der Waals surface area (Å²) in [5, 5.41) is 0. The van der Waals surface area contributed by atoms with Crippen LogP contribution in [0, 0.1) is 0 Å². The summed E-state index contributed by atoms with van der Waals surface area (Å²) in [4.78, 5) is 49.7. The van der Waals surface area contributed by atoms with Crippen LogP contribution in [0.5, 0.6) is 23.0 Å².